The fourth-order valence-corrected chi connectivity index (χ4v) is 1.74. The molecule has 0 aliphatic heterocycles. The van der Waals surface area contributed by atoms with E-state index in [1.54, 1.807) is 12.1 Å². The molecular weight excluding hydrogens is 300 g/mol. The zero-order chi connectivity index (χ0) is 13.7. The van der Waals surface area contributed by atoms with Crippen LogP contribution in [0.4, 0.5) is 0 Å². The predicted octanol–water partition coefficient (Wildman–Crippen LogP) is 1.82. The minimum atomic E-state index is -0.472. The summed E-state index contributed by atoms with van der Waals surface area (Å²) in [7, 11) is 2.86. The molecule has 0 saturated carbocycles. The highest BCUT2D eigenvalue weighted by molar-refractivity contribution is 9.10. The number of nitrogens with one attached hydrogen (secondary N) is 1. The fourth-order valence-electron chi connectivity index (χ4n) is 1.28. The molecule has 0 aliphatic rings. The molecule has 1 rings (SSSR count). The van der Waals surface area contributed by atoms with Crippen molar-refractivity contribution in [1.29, 1.82) is 5.26 Å². The summed E-state index contributed by atoms with van der Waals surface area (Å²) in [5.41, 5.74) is 0.536. The normalized spacial score (nSPS) is 10.7. The smallest absolute Gasteiger partial charge is 0.261 e. The van der Waals surface area contributed by atoms with Crippen molar-refractivity contribution in [1.82, 2.24) is 5.32 Å². The average molecular weight is 311 g/mol. The van der Waals surface area contributed by atoms with Crippen LogP contribution in [0.1, 0.15) is 5.56 Å². The molecule has 1 aromatic rings. The molecule has 0 atom stereocenters. The number of nitriles is 1. The van der Waals surface area contributed by atoms with Gasteiger partial charge in [-0.1, -0.05) is 0 Å². The van der Waals surface area contributed by atoms with Gasteiger partial charge in [0.2, 0.25) is 0 Å². The highest BCUT2D eigenvalue weighted by Gasteiger charge is 2.10. The Hall–Kier alpha value is -2.00. The first kappa shape index (κ1) is 14.1. The number of hydrogen-bond donors (Lipinski definition) is 2. The van der Waals surface area contributed by atoms with Crippen LogP contribution in [0.3, 0.4) is 0 Å². The van der Waals surface area contributed by atoms with Crippen molar-refractivity contribution < 1.29 is 14.6 Å². The van der Waals surface area contributed by atoms with Crippen molar-refractivity contribution in [3.05, 3.63) is 27.7 Å². The molecular formula is C12H11BrN2O3. The molecule has 0 aliphatic carbocycles. The standard InChI is InChI=1S/C12H11BrN2O3/c1-15-12(17)8(6-14)3-7-4-9(13)11(16)10(5-7)18-2/h3-5,16H,1-2H3,(H,15,17)/b8-3+. The van der Waals surface area contributed by atoms with Crippen molar-refractivity contribution in [2.24, 2.45) is 0 Å². The van der Waals surface area contributed by atoms with Gasteiger partial charge in [0.05, 0.1) is 11.6 Å². The molecule has 0 bridgehead atoms. The maximum absolute atomic E-state index is 11.4. The van der Waals surface area contributed by atoms with E-state index >= 15 is 0 Å². The third-order valence-corrected chi connectivity index (χ3v) is 2.78. The van der Waals surface area contributed by atoms with Gasteiger partial charge in [-0.25, -0.2) is 0 Å². The largest absolute Gasteiger partial charge is 0.503 e. The molecule has 1 aromatic carbocycles. The monoisotopic (exact) mass is 310 g/mol. The van der Waals surface area contributed by atoms with Crippen LogP contribution >= 0.6 is 15.9 Å². The minimum absolute atomic E-state index is 0.0304. The number of hydrogen-bond acceptors (Lipinski definition) is 4. The van der Waals surface area contributed by atoms with Crippen molar-refractivity contribution in [3.63, 3.8) is 0 Å². The zero-order valence-corrected chi connectivity index (χ0v) is 11.4. The lowest BCUT2D eigenvalue weighted by Crippen LogP contribution is -2.19. The maximum Gasteiger partial charge on any atom is 0.261 e. The van der Waals surface area contributed by atoms with E-state index in [2.05, 4.69) is 21.2 Å². The summed E-state index contributed by atoms with van der Waals surface area (Å²) in [5.74, 6) is -0.251. The molecule has 0 radical (unpaired) electrons. The molecule has 5 nitrogen and oxygen atoms in total. The number of carbonyl (C=O) groups excluding carboxylic acids is 1. The molecule has 0 fully saturated rings. The second-order valence-electron chi connectivity index (χ2n) is 3.30. The third kappa shape index (κ3) is 3.02. The first-order valence-corrected chi connectivity index (χ1v) is 5.73. The lowest BCUT2D eigenvalue weighted by Gasteiger charge is -2.06. The molecule has 0 aromatic heterocycles. The number of benzene rings is 1. The van der Waals surface area contributed by atoms with Gasteiger partial charge in [-0.2, -0.15) is 5.26 Å². The molecule has 1 amide bonds. The SMILES string of the molecule is CNC(=O)/C(C#N)=C/c1cc(Br)c(O)c(OC)c1. The van der Waals surface area contributed by atoms with E-state index in [0.29, 0.717) is 10.0 Å². The number of aromatic hydroxyl groups is 1. The van der Waals surface area contributed by atoms with Crippen LogP contribution < -0.4 is 10.1 Å². The Bertz CT molecular complexity index is 547. The summed E-state index contributed by atoms with van der Waals surface area (Å²) in [6.45, 7) is 0. The van der Waals surface area contributed by atoms with Gasteiger partial charge in [-0.3, -0.25) is 4.79 Å². The molecule has 0 unspecified atom stereocenters. The highest BCUT2D eigenvalue weighted by atomic mass is 79.9. The van der Waals surface area contributed by atoms with Crippen LogP contribution in [0.5, 0.6) is 11.5 Å². The number of phenols is 1. The van der Waals surface area contributed by atoms with Crippen molar-refractivity contribution in [3.8, 4) is 17.6 Å². The number of halogens is 1. The van der Waals surface area contributed by atoms with Crippen molar-refractivity contribution in [2.75, 3.05) is 14.2 Å². The molecule has 6 heteroatoms. The molecule has 94 valence electrons. The van der Waals surface area contributed by atoms with Gasteiger partial charge in [-0.05, 0) is 39.7 Å². The fraction of sp³-hybridized carbons (Fsp3) is 0.167. The van der Waals surface area contributed by atoms with Crippen LogP contribution in [-0.4, -0.2) is 25.2 Å². The zero-order valence-electron chi connectivity index (χ0n) is 9.82. The summed E-state index contributed by atoms with van der Waals surface area (Å²) in [6.07, 6.45) is 1.41. The Labute approximate surface area is 113 Å². The average Bonchev–Trinajstić information content (AvgIpc) is 2.38. The Morgan fingerprint density at radius 2 is 2.28 bits per heavy atom. The van der Waals surface area contributed by atoms with Gasteiger partial charge in [0, 0.05) is 7.05 Å². The van der Waals surface area contributed by atoms with Crippen LogP contribution in [0, 0.1) is 11.3 Å². The Morgan fingerprint density at radius 3 is 2.78 bits per heavy atom. The number of methoxy groups -OCH3 is 1. The van der Waals surface area contributed by atoms with Gasteiger partial charge < -0.3 is 15.2 Å². The van der Waals surface area contributed by atoms with Crippen LogP contribution in [-0.2, 0) is 4.79 Å². The van der Waals surface area contributed by atoms with E-state index in [-0.39, 0.29) is 17.1 Å². The van der Waals surface area contributed by atoms with Gasteiger partial charge in [-0.15, -0.1) is 0 Å². The van der Waals surface area contributed by atoms with Crippen LogP contribution in [0.25, 0.3) is 6.08 Å². The Morgan fingerprint density at radius 1 is 1.61 bits per heavy atom. The molecule has 0 spiro atoms. The van der Waals surface area contributed by atoms with Gasteiger partial charge in [0.15, 0.2) is 11.5 Å². The van der Waals surface area contributed by atoms with E-state index in [4.69, 9.17) is 10.00 Å². The van der Waals surface area contributed by atoms with Crippen molar-refractivity contribution >= 4 is 27.9 Å². The molecule has 18 heavy (non-hydrogen) atoms. The number of phenolic OH excluding ortho intramolecular Hbond substituents is 1. The van der Waals surface area contributed by atoms with E-state index < -0.39 is 5.91 Å². The van der Waals surface area contributed by atoms with E-state index in [0.717, 1.165) is 0 Å². The maximum atomic E-state index is 11.4. The highest BCUT2D eigenvalue weighted by Crippen LogP contribution is 2.35. The second-order valence-corrected chi connectivity index (χ2v) is 4.16. The summed E-state index contributed by atoms with van der Waals surface area (Å²) in [6, 6.07) is 4.91. The lowest BCUT2D eigenvalue weighted by molar-refractivity contribution is -0.116. The Kier molecular flexibility index (Phi) is 4.75. The topological polar surface area (TPSA) is 82.4 Å². The van der Waals surface area contributed by atoms with Gasteiger partial charge in [0.1, 0.15) is 11.6 Å². The third-order valence-electron chi connectivity index (χ3n) is 2.17. The van der Waals surface area contributed by atoms with Crippen LogP contribution in [0.2, 0.25) is 0 Å². The van der Waals surface area contributed by atoms with E-state index in [9.17, 15) is 9.90 Å². The molecule has 2 N–H and O–H groups in total. The first-order valence-electron chi connectivity index (χ1n) is 4.93. The van der Waals surface area contributed by atoms with Gasteiger partial charge >= 0.3 is 0 Å². The lowest BCUT2D eigenvalue weighted by atomic mass is 10.1. The Balaban J connectivity index is 3.27. The minimum Gasteiger partial charge on any atom is -0.503 e. The second kappa shape index (κ2) is 6.07. The van der Waals surface area contributed by atoms with Crippen molar-refractivity contribution in [2.45, 2.75) is 0 Å². The number of carbonyl (C=O) groups is 1. The molecule has 0 saturated heterocycles. The first-order chi connectivity index (χ1) is 8.53. The number of rotatable bonds is 3. The predicted molar refractivity (Wildman–Crippen MR) is 70.0 cm³/mol. The number of amides is 1. The van der Waals surface area contributed by atoms with Crippen LogP contribution in [0.15, 0.2) is 22.2 Å². The number of likely N-dealkylation sites (N-methyl/N-ethyl adjacent to an activating group) is 1. The van der Waals surface area contributed by atoms with E-state index in [1.807, 2.05) is 0 Å². The number of ether oxygens (including phenoxy) is 1. The summed E-state index contributed by atoms with van der Waals surface area (Å²) >= 11 is 3.16. The summed E-state index contributed by atoms with van der Waals surface area (Å²) in [5, 5.41) is 20.9. The molecule has 0 heterocycles. The summed E-state index contributed by atoms with van der Waals surface area (Å²) in [4.78, 5) is 11.4. The number of nitrogens with zero attached hydrogens (tertiary/aromatic N) is 1. The quantitative estimate of drug-likeness (QED) is 0.659. The summed E-state index contributed by atoms with van der Waals surface area (Å²) < 4.78 is 5.39. The van der Waals surface area contributed by atoms with E-state index in [1.165, 1.54) is 26.3 Å². The van der Waals surface area contributed by atoms with Gasteiger partial charge in [0.25, 0.3) is 5.91 Å².